The molecule has 0 saturated heterocycles. The molecule has 0 saturated carbocycles. The third-order valence-corrected chi connectivity index (χ3v) is 3.83. The fourth-order valence-electron chi connectivity index (χ4n) is 2.42. The number of hydrogen-bond donors (Lipinski definition) is 2. The lowest BCUT2D eigenvalue weighted by molar-refractivity contribution is -0.111. The van der Waals surface area contributed by atoms with Crippen LogP contribution in [0.5, 0.6) is 5.75 Å². The molecule has 5 heteroatoms. The highest BCUT2D eigenvalue weighted by Gasteiger charge is 2.06. The molecule has 5 nitrogen and oxygen atoms in total. The maximum Gasteiger partial charge on any atom is 0.251 e. The molecule has 0 heterocycles. The molecule has 0 fully saturated rings. The molecule has 0 atom stereocenters. The van der Waals surface area contributed by atoms with E-state index in [1.807, 2.05) is 31.2 Å². The highest BCUT2D eigenvalue weighted by Crippen LogP contribution is 2.14. The number of rotatable bonds is 9. The normalized spacial score (nSPS) is 10.6. The van der Waals surface area contributed by atoms with Gasteiger partial charge in [-0.1, -0.05) is 31.5 Å². The summed E-state index contributed by atoms with van der Waals surface area (Å²) < 4.78 is 5.39. The van der Waals surface area contributed by atoms with Gasteiger partial charge in [0.25, 0.3) is 5.91 Å². The van der Waals surface area contributed by atoms with Gasteiger partial charge < -0.3 is 15.4 Å². The van der Waals surface area contributed by atoms with Crippen LogP contribution in [0.2, 0.25) is 0 Å². The molecule has 2 aromatic carbocycles. The Morgan fingerprint density at radius 1 is 1.07 bits per heavy atom. The van der Waals surface area contributed by atoms with Crippen molar-refractivity contribution in [3.05, 3.63) is 65.7 Å². The molecule has 0 aliphatic rings. The molecular weight excluding hydrogens is 340 g/mol. The van der Waals surface area contributed by atoms with Crippen LogP contribution in [0.1, 0.15) is 42.6 Å². The molecule has 142 valence electrons. The van der Waals surface area contributed by atoms with Crippen LogP contribution in [0.3, 0.4) is 0 Å². The molecule has 2 amide bonds. The van der Waals surface area contributed by atoms with Crippen molar-refractivity contribution in [3.8, 4) is 5.75 Å². The lowest BCUT2D eigenvalue weighted by atomic mass is 10.1. The molecular formula is C22H26N2O3. The zero-order chi connectivity index (χ0) is 19.5. The Balaban J connectivity index is 1.93. The van der Waals surface area contributed by atoms with E-state index in [0.29, 0.717) is 24.4 Å². The van der Waals surface area contributed by atoms with E-state index in [0.717, 1.165) is 24.2 Å². The van der Waals surface area contributed by atoms with Crippen LogP contribution >= 0.6 is 0 Å². The van der Waals surface area contributed by atoms with Crippen molar-refractivity contribution in [2.45, 2.75) is 26.7 Å². The van der Waals surface area contributed by atoms with Crippen LogP contribution in [0.15, 0.2) is 54.6 Å². The smallest absolute Gasteiger partial charge is 0.251 e. The summed E-state index contributed by atoms with van der Waals surface area (Å²) in [6.07, 6.45) is 5.16. The van der Waals surface area contributed by atoms with Crippen molar-refractivity contribution >= 4 is 23.6 Å². The largest absolute Gasteiger partial charge is 0.494 e. The Bertz CT molecular complexity index is 782. The Hall–Kier alpha value is -3.08. The number of carbonyl (C=O) groups is 2. The molecule has 0 aliphatic heterocycles. The van der Waals surface area contributed by atoms with Crippen molar-refractivity contribution in [1.29, 1.82) is 0 Å². The number of ether oxygens (including phenoxy) is 1. The van der Waals surface area contributed by atoms with Crippen LogP contribution in [-0.4, -0.2) is 25.0 Å². The Morgan fingerprint density at radius 3 is 2.56 bits per heavy atom. The van der Waals surface area contributed by atoms with Gasteiger partial charge in [0.2, 0.25) is 5.91 Å². The molecule has 0 bridgehead atoms. The molecule has 2 rings (SSSR count). The summed E-state index contributed by atoms with van der Waals surface area (Å²) in [7, 11) is 0. The van der Waals surface area contributed by atoms with Crippen LogP contribution in [-0.2, 0) is 4.79 Å². The first-order chi connectivity index (χ1) is 13.1. The van der Waals surface area contributed by atoms with E-state index >= 15 is 0 Å². The van der Waals surface area contributed by atoms with Crippen LogP contribution < -0.4 is 15.4 Å². The van der Waals surface area contributed by atoms with Crippen molar-refractivity contribution in [2.75, 3.05) is 18.5 Å². The SMILES string of the molecule is CCCCNC(=O)c1cccc(NC(=O)/C=C/c2ccc(OCC)cc2)c1. The molecule has 0 aliphatic carbocycles. The average Bonchev–Trinajstić information content (AvgIpc) is 2.68. The third-order valence-electron chi connectivity index (χ3n) is 3.83. The van der Waals surface area contributed by atoms with Crippen LogP contribution in [0.4, 0.5) is 5.69 Å². The van der Waals surface area contributed by atoms with Gasteiger partial charge in [-0.3, -0.25) is 9.59 Å². The zero-order valence-electron chi connectivity index (χ0n) is 15.8. The first-order valence-electron chi connectivity index (χ1n) is 9.22. The van der Waals surface area contributed by atoms with Crippen molar-refractivity contribution in [2.24, 2.45) is 0 Å². The average molecular weight is 366 g/mol. The molecule has 0 unspecified atom stereocenters. The second-order valence-corrected chi connectivity index (χ2v) is 6.01. The van der Waals surface area contributed by atoms with E-state index in [-0.39, 0.29) is 11.8 Å². The van der Waals surface area contributed by atoms with E-state index in [4.69, 9.17) is 4.74 Å². The predicted molar refractivity (Wildman–Crippen MR) is 109 cm³/mol. The van der Waals surface area contributed by atoms with Gasteiger partial charge in [0.15, 0.2) is 0 Å². The third kappa shape index (κ3) is 6.98. The minimum absolute atomic E-state index is 0.135. The summed E-state index contributed by atoms with van der Waals surface area (Å²) in [5.41, 5.74) is 2.01. The van der Waals surface area contributed by atoms with Gasteiger partial charge in [-0.15, -0.1) is 0 Å². The van der Waals surface area contributed by atoms with E-state index in [1.165, 1.54) is 6.08 Å². The number of anilines is 1. The molecule has 27 heavy (non-hydrogen) atoms. The van der Waals surface area contributed by atoms with Gasteiger partial charge in [-0.05, 0) is 55.3 Å². The summed E-state index contributed by atoms with van der Waals surface area (Å²) in [6, 6.07) is 14.4. The van der Waals surface area contributed by atoms with Gasteiger partial charge >= 0.3 is 0 Å². The molecule has 0 aromatic heterocycles. The number of amides is 2. The molecule has 2 N–H and O–H groups in total. The van der Waals surface area contributed by atoms with E-state index < -0.39 is 0 Å². The maximum atomic E-state index is 12.1. The minimum Gasteiger partial charge on any atom is -0.494 e. The quantitative estimate of drug-likeness (QED) is 0.514. The van der Waals surface area contributed by atoms with E-state index in [2.05, 4.69) is 17.6 Å². The van der Waals surface area contributed by atoms with Crippen molar-refractivity contribution < 1.29 is 14.3 Å². The highest BCUT2D eigenvalue weighted by atomic mass is 16.5. The van der Waals surface area contributed by atoms with Crippen molar-refractivity contribution in [1.82, 2.24) is 5.32 Å². The molecule has 0 radical (unpaired) electrons. The van der Waals surface area contributed by atoms with Gasteiger partial charge in [0.1, 0.15) is 5.75 Å². The van der Waals surface area contributed by atoms with Gasteiger partial charge in [-0.2, -0.15) is 0 Å². The Labute approximate surface area is 160 Å². The van der Waals surface area contributed by atoms with Crippen LogP contribution in [0, 0.1) is 0 Å². The second-order valence-electron chi connectivity index (χ2n) is 6.01. The lowest BCUT2D eigenvalue weighted by Crippen LogP contribution is -2.24. The summed E-state index contributed by atoms with van der Waals surface area (Å²) in [5.74, 6) is 0.407. The highest BCUT2D eigenvalue weighted by molar-refractivity contribution is 6.03. The van der Waals surface area contributed by atoms with Crippen molar-refractivity contribution in [3.63, 3.8) is 0 Å². The number of unbranched alkanes of at least 4 members (excludes halogenated alkanes) is 1. The Morgan fingerprint density at radius 2 is 1.85 bits per heavy atom. The summed E-state index contributed by atoms with van der Waals surface area (Å²) in [5, 5.41) is 5.64. The molecule has 2 aromatic rings. The zero-order valence-corrected chi connectivity index (χ0v) is 15.8. The van der Waals surface area contributed by atoms with Gasteiger partial charge in [0.05, 0.1) is 6.61 Å². The fourth-order valence-corrected chi connectivity index (χ4v) is 2.42. The van der Waals surface area contributed by atoms with Gasteiger partial charge in [-0.25, -0.2) is 0 Å². The van der Waals surface area contributed by atoms with Gasteiger partial charge in [0, 0.05) is 23.9 Å². The minimum atomic E-state index is -0.257. The lowest BCUT2D eigenvalue weighted by Gasteiger charge is -2.07. The first-order valence-corrected chi connectivity index (χ1v) is 9.22. The molecule has 0 spiro atoms. The number of carbonyl (C=O) groups excluding carboxylic acids is 2. The Kier molecular flexibility index (Phi) is 8.10. The summed E-state index contributed by atoms with van der Waals surface area (Å²) in [6.45, 7) is 5.27. The van der Waals surface area contributed by atoms with Crippen LogP contribution in [0.25, 0.3) is 6.08 Å². The number of hydrogen-bond acceptors (Lipinski definition) is 3. The summed E-state index contributed by atoms with van der Waals surface area (Å²) in [4.78, 5) is 24.2. The standard InChI is InChI=1S/C22H26N2O3/c1-3-5-15-23-22(26)18-7-6-8-19(16-18)24-21(25)14-11-17-9-12-20(13-10-17)27-4-2/h6-14,16H,3-5,15H2,1-2H3,(H,23,26)(H,24,25)/b14-11+. The topological polar surface area (TPSA) is 67.4 Å². The fraction of sp³-hybridized carbons (Fsp3) is 0.273. The monoisotopic (exact) mass is 366 g/mol. The van der Waals surface area contributed by atoms with E-state index in [1.54, 1.807) is 30.3 Å². The van der Waals surface area contributed by atoms with E-state index in [9.17, 15) is 9.59 Å². The first kappa shape index (κ1) is 20.2. The maximum absolute atomic E-state index is 12.1. The number of benzene rings is 2. The number of nitrogens with one attached hydrogen (secondary N) is 2. The predicted octanol–water partition coefficient (Wildman–Crippen LogP) is 4.27. The summed E-state index contributed by atoms with van der Waals surface area (Å²) >= 11 is 0. The second kappa shape index (κ2) is 10.8.